The fraction of sp³-hybridized carbons (Fsp3) is 0.333. The number of amides is 2. The SMILES string of the molecule is CSCCNC(=O)NCCOCCNCc1cc(C)c(OCc2cccc(-c3ccc4c(c3)OCCO4)c2C#N)cc1OCc1cncc(C#N)c1. The second-order valence-electron chi connectivity index (χ2n) is 11.8. The minimum Gasteiger partial charge on any atom is -0.488 e. The molecule has 1 aliphatic heterocycles. The number of urea groups is 1. The van der Waals surface area contributed by atoms with Crippen molar-refractivity contribution in [2.24, 2.45) is 0 Å². The van der Waals surface area contributed by atoms with Crippen LogP contribution in [-0.4, -0.2) is 69.1 Å². The lowest BCUT2D eigenvalue weighted by atomic mass is 9.96. The minimum absolute atomic E-state index is 0.166. The molecule has 0 fully saturated rings. The number of benzene rings is 3. The summed E-state index contributed by atoms with van der Waals surface area (Å²) in [6.45, 7) is 6.32. The maximum atomic E-state index is 11.8. The maximum Gasteiger partial charge on any atom is 0.314 e. The molecule has 0 spiro atoms. The number of fused-ring (bicyclic) bond motifs is 1. The van der Waals surface area contributed by atoms with Gasteiger partial charge in [0, 0.05) is 67.1 Å². The van der Waals surface area contributed by atoms with Gasteiger partial charge in [-0.3, -0.25) is 4.98 Å². The molecule has 270 valence electrons. The van der Waals surface area contributed by atoms with Crippen molar-refractivity contribution in [1.82, 2.24) is 20.9 Å². The fourth-order valence-corrected chi connectivity index (χ4v) is 5.75. The highest BCUT2D eigenvalue weighted by Gasteiger charge is 2.17. The van der Waals surface area contributed by atoms with Crippen LogP contribution in [0.2, 0.25) is 0 Å². The molecule has 2 amide bonds. The summed E-state index contributed by atoms with van der Waals surface area (Å²) in [5.41, 5.74) is 5.92. The van der Waals surface area contributed by atoms with Crippen LogP contribution in [0.4, 0.5) is 4.79 Å². The third-order valence-corrected chi connectivity index (χ3v) is 8.65. The Kier molecular flexibility index (Phi) is 14.4. The number of rotatable bonds is 18. The van der Waals surface area contributed by atoms with E-state index in [0.717, 1.165) is 39.1 Å². The van der Waals surface area contributed by atoms with Crippen molar-refractivity contribution in [3.63, 3.8) is 0 Å². The molecule has 1 aliphatic rings. The third kappa shape index (κ3) is 10.8. The molecule has 3 N–H and O–H groups in total. The number of aryl methyl sites for hydroxylation is 1. The first kappa shape index (κ1) is 37.8. The van der Waals surface area contributed by atoms with Crippen LogP contribution in [0.25, 0.3) is 11.1 Å². The van der Waals surface area contributed by atoms with Crippen molar-refractivity contribution in [3.05, 3.63) is 100 Å². The van der Waals surface area contributed by atoms with Crippen LogP contribution in [0.3, 0.4) is 0 Å². The van der Waals surface area contributed by atoms with E-state index in [4.69, 9.17) is 23.7 Å². The number of nitrogens with one attached hydrogen (secondary N) is 3. The number of hydrogen-bond acceptors (Lipinski definition) is 11. The van der Waals surface area contributed by atoms with E-state index in [9.17, 15) is 15.3 Å². The lowest BCUT2D eigenvalue weighted by Gasteiger charge is -2.19. The van der Waals surface area contributed by atoms with Crippen LogP contribution in [0.15, 0.2) is 67.0 Å². The number of ether oxygens (including phenoxy) is 5. The summed E-state index contributed by atoms with van der Waals surface area (Å²) in [4.78, 5) is 15.9. The number of nitrogens with zero attached hydrogens (tertiary/aromatic N) is 3. The summed E-state index contributed by atoms with van der Waals surface area (Å²) in [7, 11) is 0. The van der Waals surface area contributed by atoms with Gasteiger partial charge in [-0.1, -0.05) is 24.3 Å². The quantitative estimate of drug-likeness (QED) is 0.111. The van der Waals surface area contributed by atoms with Crippen LogP contribution in [0.5, 0.6) is 23.0 Å². The van der Waals surface area contributed by atoms with E-state index in [1.165, 1.54) is 6.20 Å². The van der Waals surface area contributed by atoms with Gasteiger partial charge < -0.3 is 39.6 Å². The van der Waals surface area contributed by atoms with Gasteiger partial charge in [-0.25, -0.2) is 4.79 Å². The zero-order chi connectivity index (χ0) is 36.5. The number of carbonyl (C=O) groups is 1. The maximum absolute atomic E-state index is 11.8. The van der Waals surface area contributed by atoms with Gasteiger partial charge in [0.2, 0.25) is 0 Å². The monoisotopic (exact) mass is 722 g/mol. The Morgan fingerprint density at radius 2 is 1.69 bits per heavy atom. The molecule has 0 atom stereocenters. The summed E-state index contributed by atoms with van der Waals surface area (Å²) in [5.74, 6) is 3.44. The Labute approximate surface area is 308 Å². The Morgan fingerprint density at radius 3 is 2.52 bits per heavy atom. The molecule has 0 bridgehead atoms. The molecule has 0 aliphatic carbocycles. The second kappa shape index (κ2) is 19.8. The van der Waals surface area contributed by atoms with Gasteiger partial charge in [0.1, 0.15) is 50.1 Å². The summed E-state index contributed by atoms with van der Waals surface area (Å²) < 4.78 is 29.7. The molecule has 4 aromatic rings. The number of aromatic nitrogens is 1. The topological polar surface area (TPSA) is 160 Å². The number of carbonyl (C=O) groups excluding carboxylic acids is 1. The van der Waals surface area contributed by atoms with Gasteiger partial charge in [-0.2, -0.15) is 22.3 Å². The van der Waals surface area contributed by atoms with Gasteiger partial charge in [0.25, 0.3) is 0 Å². The normalized spacial score (nSPS) is 11.6. The standard InChI is InChI=1S/C39H42N6O6S/c1-27-16-32(24-42-8-11-47-12-9-44-39(46)45-10-15-52-2)37(50-25-29-17-28(20-40)22-43-23-29)19-36(27)51-26-31-4-3-5-33(34(31)21-41)30-6-7-35-38(18-30)49-14-13-48-35/h3-7,16-19,22-23,42H,8-15,24-26H2,1-2H3,(H2,44,45,46). The molecule has 5 rings (SSSR count). The van der Waals surface area contributed by atoms with Gasteiger partial charge in [0.15, 0.2) is 11.5 Å². The van der Waals surface area contributed by atoms with Crippen LogP contribution in [0.1, 0.15) is 33.4 Å². The average molecular weight is 723 g/mol. The highest BCUT2D eigenvalue weighted by molar-refractivity contribution is 7.98. The van der Waals surface area contributed by atoms with Crippen molar-refractivity contribution in [2.45, 2.75) is 26.7 Å². The molecule has 0 saturated carbocycles. The van der Waals surface area contributed by atoms with Crippen molar-refractivity contribution >= 4 is 17.8 Å². The summed E-state index contributed by atoms with van der Waals surface area (Å²) >= 11 is 1.67. The van der Waals surface area contributed by atoms with Crippen LogP contribution in [0, 0.1) is 29.6 Å². The van der Waals surface area contributed by atoms with E-state index in [1.54, 1.807) is 24.0 Å². The smallest absolute Gasteiger partial charge is 0.314 e. The fourth-order valence-electron chi connectivity index (χ4n) is 5.44. The Balaban J connectivity index is 1.24. The zero-order valence-corrected chi connectivity index (χ0v) is 30.1. The zero-order valence-electron chi connectivity index (χ0n) is 29.3. The molecule has 0 saturated heterocycles. The highest BCUT2D eigenvalue weighted by Crippen LogP contribution is 2.37. The number of thioether (sulfide) groups is 1. The van der Waals surface area contributed by atoms with Crippen molar-refractivity contribution in [2.75, 3.05) is 58.1 Å². The van der Waals surface area contributed by atoms with Gasteiger partial charge in [0.05, 0.1) is 24.3 Å². The molecular weight excluding hydrogens is 681 g/mol. The third-order valence-electron chi connectivity index (χ3n) is 8.04. The van der Waals surface area contributed by atoms with E-state index in [-0.39, 0.29) is 19.2 Å². The summed E-state index contributed by atoms with van der Waals surface area (Å²) in [6.07, 6.45) is 5.17. The first-order chi connectivity index (χ1) is 25.5. The largest absolute Gasteiger partial charge is 0.488 e. The lowest BCUT2D eigenvalue weighted by Crippen LogP contribution is -2.38. The first-order valence-corrected chi connectivity index (χ1v) is 18.3. The predicted molar refractivity (Wildman–Crippen MR) is 199 cm³/mol. The van der Waals surface area contributed by atoms with Crippen LogP contribution in [-0.2, 0) is 24.5 Å². The van der Waals surface area contributed by atoms with Crippen LogP contribution >= 0.6 is 11.8 Å². The molecule has 12 nitrogen and oxygen atoms in total. The second-order valence-corrected chi connectivity index (χ2v) is 12.8. The highest BCUT2D eigenvalue weighted by atomic mass is 32.2. The summed E-state index contributed by atoms with van der Waals surface area (Å²) in [5, 5.41) is 28.5. The van der Waals surface area contributed by atoms with E-state index in [1.807, 2.05) is 61.7 Å². The number of hydrogen-bond donors (Lipinski definition) is 3. The van der Waals surface area contributed by atoms with Gasteiger partial charge in [-0.05, 0) is 54.1 Å². The molecule has 2 heterocycles. The molecule has 3 aromatic carbocycles. The van der Waals surface area contributed by atoms with Crippen molar-refractivity contribution in [3.8, 4) is 46.3 Å². The lowest BCUT2D eigenvalue weighted by molar-refractivity contribution is 0.138. The van der Waals surface area contributed by atoms with Gasteiger partial charge >= 0.3 is 6.03 Å². The number of nitriles is 2. The molecule has 0 radical (unpaired) electrons. The number of pyridine rings is 1. The van der Waals surface area contributed by atoms with Crippen molar-refractivity contribution < 1.29 is 28.5 Å². The Bertz CT molecular complexity index is 1910. The van der Waals surface area contributed by atoms with E-state index < -0.39 is 0 Å². The molecule has 0 unspecified atom stereocenters. The summed E-state index contributed by atoms with van der Waals surface area (Å²) in [6, 6.07) is 21.3. The molecule has 13 heteroatoms. The first-order valence-electron chi connectivity index (χ1n) is 16.9. The molecule has 1 aromatic heterocycles. The average Bonchev–Trinajstić information content (AvgIpc) is 3.17. The minimum atomic E-state index is -0.197. The van der Waals surface area contributed by atoms with E-state index >= 15 is 0 Å². The Morgan fingerprint density at radius 1 is 0.885 bits per heavy atom. The molecule has 52 heavy (non-hydrogen) atoms. The molecular formula is C39H42N6O6S. The van der Waals surface area contributed by atoms with E-state index in [0.29, 0.717) is 86.7 Å². The van der Waals surface area contributed by atoms with Gasteiger partial charge in [-0.15, -0.1) is 0 Å². The van der Waals surface area contributed by atoms with Crippen LogP contribution < -0.4 is 34.9 Å². The van der Waals surface area contributed by atoms with Crippen molar-refractivity contribution in [1.29, 1.82) is 10.5 Å². The Hall–Kier alpha value is -5.47. The van der Waals surface area contributed by atoms with E-state index in [2.05, 4.69) is 33.1 Å². The predicted octanol–water partition coefficient (Wildman–Crippen LogP) is 5.50.